The van der Waals surface area contributed by atoms with E-state index in [2.05, 4.69) is 203 Å². The van der Waals surface area contributed by atoms with E-state index in [1.807, 2.05) is 12.4 Å². The minimum absolute atomic E-state index is 0.929. The fourth-order valence-corrected chi connectivity index (χ4v) is 9.88. The first-order chi connectivity index (χ1) is 29.8. The van der Waals surface area contributed by atoms with Crippen LogP contribution in [0.2, 0.25) is 0 Å². The van der Waals surface area contributed by atoms with Gasteiger partial charge >= 0.3 is 0 Å². The summed E-state index contributed by atoms with van der Waals surface area (Å²) in [5, 5.41) is 12.0. The molecule has 0 atom stereocenters. The SMILES string of the molecule is c1ccc(-c2cnc(-n3c4ccccc4c4cc(-c5cc6ccc7cccc8c7c6c(c5)n8-c5ncc(-c6ccccc6)c6ccccc56)ccc43)c3ccccc23)cc1. The predicted molar refractivity (Wildman–Crippen MR) is 251 cm³/mol. The Labute approximate surface area is 345 Å². The first kappa shape index (κ1) is 32.9. The van der Waals surface area contributed by atoms with E-state index in [-0.39, 0.29) is 0 Å². The molecule has 0 bridgehead atoms. The molecule has 0 saturated heterocycles. The van der Waals surface area contributed by atoms with Crippen LogP contribution in [0.3, 0.4) is 0 Å². The highest BCUT2D eigenvalue weighted by Gasteiger charge is 2.22. The van der Waals surface area contributed by atoms with Crippen molar-refractivity contribution < 1.29 is 0 Å². The van der Waals surface area contributed by atoms with Gasteiger partial charge in [0.15, 0.2) is 0 Å². The van der Waals surface area contributed by atoms with Gasteiger partial charge < -0.3 is 0 Å². The Bertz CT molecular complexity index is 3820. The van der Waals surface area contributed by atoms with Crippen molar-refractivity contribution in [3.05, 3.63) is 207 Å². The quantitative estimate of drug-likeness (QED) is 0.164. The third kappa shape index (κ3) is 4.73. The number of para-hydroxylation sites is 1. The molecule has 0 unspecified atom stereocenters. The average Bonchev–Trinajstić information content (AvgIpc) is 3.83. The van der Waals surface area contributed by atoms with E-state index in [0.29, 0.717) is 0 Å². The molecule has 0 aliphatic heterocycles. The summed E-state index contributed by atoms with van der Waals surface area (Å²) in [6.07, 6.45) is 4.09. The van der Waals surface area contributed by atoms with Crippen LogP contribution < -0.4 is 0 Å². The lowest BCUT2D eigenvalue weighted by atomic mass is 9.96. The molecular weight excluding hydrogens is 729 g/mol. The van der Waals surface area contributed by atoms with Gasteiger partial charge in [-0.1, -0.05) is 158 Å². The second-order valence-corrected chi connectivity index (χ2v) is 15.8. The molecule has 13 rings (SSSR count). The van der Waals surface area contributed by atoms with E-state index in [1.54, 1.807) is 0 Å². The molecule has 0 aliphatic rings. The van der Waals surface area contributed by atoms with Gasteiger partial charge in [0, 0.05) is 55.8 Å². The molecule has 0 spiro atoms. The van der Waals surface area contributed by atoms with Crippen LogP contribution in [0.5, 0.6) is 0 Å². The van der Waals surface area contributed by atoms with Crippen molar-refractivity contribution >= 4 is 75.9 Å². The van der Waals surface area contributed by atoms with Crippen molar-refractivity contribution in [1.29, 1.82) is 0 Å². The monoisotopic (exact) mass is 762 g/mol. The first-order valence-corrected chi connectivity index (χ1v) is 20.5. The smallest absolute Gasteiger partial charge is 0.145 e. The van der Waals surface area contributed by atoms with Crippen molar-refractivity contribution in [1.82, 2.24) is 19.1 Å². The van der Waals surface area contributed by atoms with Gasteiger partial charge in [0.1, 0.15) is 11.6 Å². The number of nitrogens with zero attached hydrogens (tertiary/aromatic N) is 4. The first-order valence-electron chi connectivity index (χ1n) is 20.5. The zero-order chi connectivity index (χ0) is 39.3. The van der Waals surface area contributed by atoms with Gasteiger partial charge in [-0.15, -0.1) is 0 Å². The van der Waals surface area contributed by atoms with Crippen molar-refractivity contribution in [3.8, 4) is 45.0 Å². The lowest BCUT2D eigenvalue weighted by Crippen LogP contribution is -2.00. The predicted octanol–water partition coefficient (Wildman–Crippen LogP) is 14.6. The van der Waals surface area contributed by atoms with Crippen LogP contribution in [-0.4, -0.2) is 19.1 Å². The number of rotatable bonds is 5. The van der Waals surface area contributed by atoms with Gasteiger partial charge in [-0.25, -0.2) is 9.97 Å². The molecule has 4 heterocycles. The minimum atomic E-state index is 0.929. The maximum absolute atomic E-state index is 5.29. The van der Waals surface area contributed by atoms with Gasteiger partial charge in [0.2, 0.25) is 0 Å². The molecule has 4 heteroatoms. The van der Waals surface area contributed by atoms with E-state index in [0.717, 1.165) is 77.9 Å². The Hall–Kier alpha value is -8.08. The van der Waals surface area contributed by atoms with Gasteiger partial charge in [0.25, 0.3) is 0 Å². The van der Waals surface area contributed by atoms with Crippen LogP contribution >= 0.6 is 0 Å². The van der Waals surface area contributed by atoms with E-state index in [1.165, 1.54) is 43.1 Å². The molecule has 0 amide bonds. The van der Waals surface area contributed by atoms with E-state index >= 15 is 0 Å². The van der Waals surface area contributed by atoms with E-state index in [9.17, 15) is 0 Å². The van der Waals surface area contributed by atoms with Gasteiger partial charge in [-0.3, -0.25) is 9.13 Å². The molecule has 0 radical (unpaired) electrons. The Morgan fingerprint density at radius 1 is 0.283 bits per heavy atom. The maximum atomic E-state index is 5.29. The lowest BCUT2D eigenvalue weighted by Gasteiger charge is -2.14. The van der Waals surface area contributed by atoms with Crippen LogP contribution in [0.25, 0.3) is 121 Å². The summed E-state index contributed by atoms with van der Waals surface area (Å²) < 4.78 is 4.74. The van der Waals surface area contributed by atoms with Crippen molar-refractivity contribution in [2.75, 3.05) is 0 Å². The molecule has 4 nitrogen and oxygen atoms in total. The minimum Gasteiger partial charge on any atom is -0.293 e. The fraction of sp³-hybridized carbons (Fsp3) is 0. The van der Waals surface area contributed by atoms with Crippen LogP contribution in [0.4, 0.5) is 0 Å². The largest absolute Gasteiger partial charge is 0.293 e. The zero-order valence-electron chi connectivity index (χ0n) is 32.4. The van der Waals surface area contributed by atoms with Crippen LogP contribution in [0.15, 0.2) is 207 Å². The number of aromatic nitrogens is 4. The Balaban J connectivity index is 1.04. The summed E-state index contributed by atoms with van der Waals surface area (Å²) in [6.45, 7) is 0. The van der Waals surface area contributed by atoms with Crippen LogP contribution in [0, 0.1) is 0 Å². The number of pyridine rings is 2. The molecule has 9 aromatic carbocycles. The van der Waals surface area contributed by atoms with E-state index < -0.39 is 0 Å². The van der Waals surface area contributed by atoms with Crippen LogP contribution in [-0.2, 0) is 0 Å². The summed E-state index contributed by atoms with van der Waals surface area (Å²) >= 11 is 0. The molecular formula is C56H34N4. The molecule has 0 aliphatic carbocycles. The summed E-state index contributed by atoms with van der Waals surface area (Å²) in [5.74, 6) is 1.86. The van der Waals surface area contributed by atoms with Crippen molar-refractivity contribution in [3.63, 3.8) is 0 Å². The molecule has 0 N–H and O–H groups in total. The van der Waals surface area contributed by atoms with E-state index in [4.69, 9.17) is 9.97 Å². The summed E-state index contributed by atoms with van der Waals surface area (Å²) in [4.78, 5) is 10.5. The Morgan fingerprint density at radius 2 is 0.800 bits per heavy atom. The zero-order valence-corrected chi connectivity index (χ0v) is 32.4. The third-order valence-corrected chi connectivity index (χ3v) is 12.5. The highest BCUT2D eigenvalue weighted by molar-refractivity contribution is 6.25. The average molecular weight is 763 g/mol. The summed E-state index contributed by atoms with van der Waals surface area (Å²) in [5.41, 5.74) is 11.5. The summed E-state index contributed by atoms with van der Waals surface area (Å²) in [6, 6.07) is 70.0. The lowest BCUT2D eigenvalue weighted by molar-refractivity contribution is 1.10. The molecule has 278 valence electrons. The number of hydrogen-bond acceptors (Lipinski definition) is 2. The molecule has 13 aromatic rings. The summed E-state index contributed by atoms with van der Waals surface area (Å²) in [7, 11) is 0. The molecule has 4 aromatic heterocycles. The topological polar surface area (TPSA) is 35.6 Å². The third-order valence-electron chi connectivity index (χ3n) is 12.5. The van der Waals surface area contributed by atoms with Crippen molar-refractivity contribution in [2.45, 2.75) is 0 Å². The highest BCUT2D eigenvalue weighted by Crippen LogP contribution is 2.44. The van der Waals surface area contributed by atoms with Gasteiger partial charge in [0.05, 0.1) is 22.1 Å². The molecule has 60 heavy (non-hydrogen) atoms. The normalized spacial score (nSPS) is 12.0. The maximum Gasteiger partial charge on any atom is 0.145 e. The Morgan fingerprint density at radius 3 is 1.47 bits per heavy atom. The van der Waals surface area contributed by atoms with Crippen molar-refractivity contribution in [2.24, 2.45) is 0 Å². The standard InChI is InChI=1S/C56H34N4/c1-3-14-35(15-4-1)47-33-57-55(44-22-9-7-19-41(44)47)59-49-24-12-11-21-43(49)46-31-38(28-29-50(46)59)40-30-39-27-26-37-18-13-25-51-53(37)54(39)52(32-40)60(51)56-45-23-10-8-20-42(45)48(34-58-56)36-16-5-2-6-17-36/h1-34H. The second-order valence-electron chi connectivity index (χ2n) is 15.8. The second kappa shape index (κ2) is 12.7. The number of hydrogen-bond donors (Lipinski definition) is 0. The number of benzene rings is 9. The molecule has 0 fully saturated rings. The fourth-order valence-electron chi connectivity index (χ4n) is 9.88. The number of fused-ring (bicyclic) bond motifs is 5. The Kier molecular flexibility index (Phi) is 6.98. The van der Waals surface area contributed by atoms with Crippen LogP contribution in [0.1, 0.15) is 0 Å². The molecule has 0 saturated carbocycles. The highest BCUT2D eigenvalue weighted by atomic mass is 15.1. The van der Waals surface area contributed by atoms with Gasteiger partial charge in [-0.2, -0.15) is 0 Å². The van der Waals surface area contributed by atoms with Gasteiger partial charge in [-0.05, 0) is 80.2 Å².